The predicted molar refractivity (Wildman–Crippen MR) is 72.2 cm³/mol. The summed E-state index contributed by atoms with van der Waals surface area (Å²) >= 11 is 17.8. The topological polar surface area (TPSA) is 9.23 Å². The van der Waals surface area contributed by atoms with Crippen LogP contribution in [0.15, 0.2) is 42.5 Å². The zero-order valence-electron chi connectivity index (χ0n) is 8.79. The van der Waals surface area contributed by atoms with Crippen LogP contribution in [0, 0.1) is 0 Å². The van der Waals surface area contributed by atoms with Gasteiger partial charge in [0.15, 0.2) is 0 Å². The molecule has 0 atom stereocenters. The van der Waals surface area contributed by atoms with E-state index < -0.39 is 0 Å². The highest BCUT2D eigenvalue weighted by Crippen LogP contribution is 2.37. The van der Waals surface area contributed by atoms with Gasteiger partial charge in [0.05, 0.1) is 10.0 Å². The van der Waals surface area contributed by atoms with Crippen LogP contribution >= 0.6 is 34.8 Å². The summed E-state index contributed by atoms with van der Waals surface area (Å²) in [5, 5.41) is 1.08. The van der Waals surface area contributed by atoms with Crippen LogP contribution in [-0.4, -0.2) is 0 Å². The lowest BCUT2D eigenvalue weighted by molar-refractivity contribution is 0.306. The molecule has 0 aliphatic heterocycles. The van der Waals surface area contributed by atoms with Crippen LogP contribution in [-0.2, 0) is 6.61 Å². The van der Waals surface area contributed by atoms with Gasteiger partial charge in [0.25, 0.3) is 0 Å². The Bertz CT molecular complexity index is 512. The van der Waals surface area contributed by atoms with E-state index in [1.54, 1.807) is 12.1 Å². The molecule has 0 aliphatic rings. The van der Waals surface area contributed by atoms with Crippen molar-refractivity contribution in [2.24, 2.45) is 0 Å². The SMILES string of the molecule is Clc1ccc(OCc2ccccc2)c(Cl)c1Cl. The summed E-state index contributed by atoms with van der Waals surface area (Å²) in [6.07, 6.45) is 0. The van der Waals surface area contributed by atoms with Crippen LogP contribution in [0.2, 0.25) is 15.1 Å². The average molecular weight is 288 g/mol. The lowest BCUT2D eigenvalue weighted by Crippen LogP contribution is -1.95. The minimum absolute atomic E-state index is 0.318. The molecule has 1 nitrogen and oxygen atoms in total. The Labute approximate surface area is 115 Å². The summed E-state index contributed by atoms with van der Waals surface area (Å²) in [5.41, 5.74) is 1.06. The van der Waals surface area contributed by atoms with Gasteiger partial charge in [-0.15, -0.1) is 0 Å². The lowest BCUT2D eigenvalue weighted by Gasteiger charge is -2.09. The quantitative estimate of drug-likeness (QED) is 0.703. The summed E-state index contributed by atoms with van der Waals surface area (Å²) in [5.74, 6) is 0.532. The Morgan fingerprint density at radius 3 is 2.24 bits per heavy atom. The maximum atomic E-state index is 6.02. The van der Waals surface area contributed by atoms with E-state index in [4.69, 9.17) is 39.5 Å². The maximum absolute atomic E-state index is 6.02. The third-order valence-corrected chi connectivity index (χ3v) is 3.51. The summed E-state index contributed by atoms with van der Waals surface area (Å²) in [6, 6.07) is 13.2. The fraction of sp³-hybridized carbons (Fsp3) is 0.0769. The second kappa shape index (κ2) is 5.63. The highest BCUT2D eigenvalue weighted by atomic mass is 35.5. The van der Waals surface area contributed by atoms with Gasteiger partial charge >= 0.3 is 0 Å². The van der Waals surface area contributed by atoms with Crippen molar-refractivity contribution in [1.82, 2.24) is 0 Å². The molecule has 0 N–H and O–H groups in total. The van der Waals surface area contributed by atoms with Gasteiger partial charge in [-0.1, -0.05) is 65.1 Å². The summed E-state index contributed by atoms with van der Waals surface area (Å²) in [4.78, 5) is 0. The van der Waals surface area contributed by atoms with Crippen LogP contribution in [0.25, 0.3) is 0 Å². The van der Waals surface area contributed by atoms with Crippen molar-refractivity contribution in [2.75, 3.05) is 0 Å². The molecule has 0 amide bonds. The van der Waals surface area contributed by atoms with Gasteiger partial charge < -0.3 is 4.74 Å². The fourth-order valence-corrected chi connectivity index (χ4v) is 1.94. The molecule has 88 valence electrons. The van der Waals surface area contributed by atoms with Gasteiger partial charge in [0.1, 0.15) is 17.4 Å². The molecule has 4 heteroatoms. The third kappa shape index (κ3) is 3.06. The van der Waals surface area contributed by atoms with Crippen molar-refractivity contribution in [3.63, 3.8) is 0 Å². The van der Waals surface area contributed by atoms with Crippen molar-refractivity contribution < 1.29 is 4.74 Å². The molecule has 0 fully saturated rings. The largest absolute Gasteiger partial charge is 0.487 e. The molecular formula is C13H9Cl3O. The third-order valence-electron chi connectivity index (χ3n) is 2.24. The molecule has 0 saturated carbocycles. The zero-order chi connectivity index (χ0) is 12.3. The van der Waals surface area contributed by atoms with Crippen molar-refractivity contribution in [3.05, 3.63) is 63.1 Å². The molecule has 0 radical (unpaired) electrons. The van der Waals surface area contributed by atoms with E-state index in [0.717, 1.165) is 5.56 Å². The van der Waals surface area contributed by atoms with Crippen LogP contribution in [0.5, 0.6) is 5.75 Å². The van der Waals surface area contributed by atoms with Crippen molar-refractivity contribution in [1.29, 1.82) is 0 Å². The Kier molecular flexibility index (Phi) is 4.16. The summed E-state index contributed by atoms with van der Waals surface area (Å²) in [7, 11) is 0. The van der Waals surface area contributed by atoms with Crippen LogP contribution < -0.4 is 4.74 Å². The highest BCUT2D eigenvalue weighted by Gasteiger charge is 2.09. The first-order chi connectivity index (χ1) is 8.18. The van der Waals surface area contributed by atoms with E-state index in [1.807, 2.05) is 30.3 Å². The number of rotatable bonds is 3. The minimum atomic E-state index is 0.318. The number of halogens is 3. The maximum Gasteiger partial charge on any atom is 0.140 e. The first-order valence-corrected chi connectivity index (χ1v) is 6.12. The van der Waals surface area contributed by atoms with Gasteiger partial charge in [-0.3, -0.25) is 0 Å². The summed E-state index contributed by atoms with van der Waals surface area (Å²) in [6.45, 7) is 0.443. The van der Waals surface area contributed by atoms with Crippen molar-refractivity contribution in [2.45, 2.75) is 6.61 Å². The molecule has 0 spiro atoms. The Morgan fingerprint density at radius 1 is 0.824 bits per heavy atom. The Hall–Kier alpha value is -0.890. The molecule has 0 bridgehead atoms. The molecule has 0 unspecified atom stereocenters. The molecule has 0 aliphatic carbocycles. The van der Waals surface area contributed by atoms with E-state index >= 15 is 0 Å². The van der Waals surface area contributed by atoms with Crippen molar-refractivity contribution in [3.8, 4) is 5.75 Å². The van der Waals surface area contributed by atoms with Gasteiger partial charge in [-0.05, 0) is 17.7 Å². The molecule has 17 heavy (non-hydrogen) atoms. The van der Waals surface area contributed by atoms with E-state index in [1.165, 1.54) is 0 Å². The first kappa shape index (κ1) is 12.6. The second-order valence-electron chi connectivity index (χ2n) is 3.45. The predicted octanol–water partition coefficient (Wildman–Crippen LogP) is 5.23. The van der Waals surface area contributed by atoms with Gasteiger partial charge in [-0.2, -0.15) is 0 Å². The van der Waals surface area contributed by atoms with Gasteiger partial charge in [-0.25, -0.2) is 0 Å². The minimum Gasteiger partial charge on any atom is -0.487 e. The van der Waals surface area contributed by atoms with E-state index in [-0.39, 0.29) is 0 Å². The lowest BCUT2D eigenvalue weighted by atomic mass is 10.2. The molecular weight excluding hydrogens is 279 g/mol. The second-order valence-corrected chi connectivity index (χ2v) is 4.61. The van der Waals surface area contributed by atoms with Crippen LogP contribution in [0.3, 0.4) is 0 Å². The van der Waals surface area contributed by atoms with Crippen LogP contribution in [0.4, 0.5) is 0 Å². The van der Waals surface area contributed by atoms with Crippen molar-refractivity contribution >= 4 is 34.8 Å². The Morgan fingerprint density at radius 2 is 1.53 bits per heavy atom. The number of hydrogen-bond acceptors (Lipinski definition) is 1. The normalized spacial score (nSPS) is 10.3. The standard InChI is InChI=1S/C13H9Cl3O/c14-10-6-7-11(13(16)12(10)15)17-8-9-4-2-1-3-5-9/h1-7H,8H2. The average Bonchev–Trinajstić information content (AvgIpc) is 2.36. The highest BCUT2D eigenvalue weighted by molar-refractivity contribution is 6.48. The first-order valence-electron chi connectivity index (χ1n) is 4.98. The van der Waals surface area contributed by atoms with E-state index in [0.29, 0.717) is 27.4 Å². The molecule has 0 heterocycles. The number of hydrogen-bond donors (Lipinski definition) is 0. The number of benzene rings is 2. The zero-order valence-corrected chi connectivity index (χ0v) is 11.1. The molecule has 0 saturated heterocycles. The number of ether oxygens (including phenoxy) is 1. The van der Waals surface area contributed by atoms with Gasteiger partial charge in [0, 0.05) is 0 Å². The summed E-state index contributed by atoms with van der Waals surface area (Å²) < 4.78 is 5.58. The monoisotopic (exact) mass is 286 g/mol. The molecule has 2 aromatic rings. The van der Waals surface area contributed by atoms with E-state index in [9.17, 15) is 0 Å². The fourth-order valence-electron chi connectivity index (χ4n) is 1.35. The molecule has 2 rings (SSSR count). The smallest absolute Gasteiger partial charge is 0.140 e. The molecule has 2 aromatic carbocycles. The van der Waals surface area contributed by atoms with E-state index in [2.05, 4.69) is 0 Å². The molecule has 0 aromatic heterocycles. The Balaban J connectivity index is 2.13. The van der Waals surface area contributed by atoms with Gasteiger partial charge in [0.2, 0.25) is 0 Å². The van der Waals surface area contributed by atoms with Crippen LogP contribution in [0.1, 0.15) is 5.56 Å².